The van der Waals surface area contributed by atoms with Gasteiger partial charge in [-0.15, -0.1) is 0 Å². The maximum absolute atomic E-state index is 4.12. The molecule has 0 spiro atoms. The molecule has 0 atom stereocenters. The number of aliphatic imine (C=N–C) groups is 1. The maximum atomic E-state index is 4.12. The lowest BCUT2D eigenvalue weighted by Gasteiger charge is -2.26. The van der Waals surface area contributed by atoms with Crippen LogP contribution in [0.15, 0.2) is 4.99 Å². The Morgan fingerprint density at radius 1 is 1.50 bits per heavy atom. The number of rotatable bonds is 2. The molecule has 0 aromatic carbocycles. The smallest absolute Gasteiger partial charge is 0.0956 e. The van der Waals surface area contributed by atoms with Gasteiger partial charge in [0, 0.05) is 19.6 Å². The van der Waals surface area contributed by atoms with Gasteiger partial charge < -0.3 is 4.90 Å². The second-order valence-electron chi connectivity index (χ2n) is 2.65. The molecule has 0 bridgehead atoms. The van der Waals surface area contributed by atoms with Gasteiger partial charge in [-0.1, -0.05) is 0 Å². The van der Waals surface area contributed by atoms with Crippen molar-refractivity contribution in [3.05, 3.63) is 0 Å². The molecule has 0 amide bonds. The van der Waals surface area contributed by atoms with Gasteiger partial charge >= 0.3 is 0 Å². The van der Waals surface area contributed by atoms with Crippen LogP contribution in [0.4, 0.5) is 0 Å². The van der Waals surface area contributed by atoms with E-state index in [0.717, 1.165) is 12.4 Å². The molecule has 0 heterocycles. The van der Waals surface area contributed by atoms with Gasteiger partial charge in [0.25, 0.3) is 0 Å². The minimum Gasteiger partial charge on any atom is -0.358 e. The molecule has 0 rings (SSSR count). The molecule has 0 radical (unpaired) electrons. The zero-order valence-electron chi connectivity index (χ0n) is 7.68. The van der Waals surface area contributed by atoms with Crippen LogP contribution in [0.25, 0.3) is 0 Å². The summed E-state index contributed by atoms with van der Waals surface area (Å²) in [5.41, 5.74) is 0. The Morgan fingerprint density at radius 3 is 2.10 bits per heavy atom. The second kappa shape index (κ2) is 4.31. The Kier molecular flexibility index (Phi) is 4.08. The Bertz CT molecular complexity index is 116. The molecular formula is C8H18N2. The Labute approximate surface area is 63.9 Å². The SMILES string of the molecule is CCN(C(C)=NC)C(C)C. The molecule has 0 aromatic rings. The molecule has 0 aromatic heterocycles. The molecule has 0 fully saturated rings. The topological polar surface area (TPSA) is 15.6 Å². The highest BCUT2D eigenvalue weighted by atomic mass is 15.2. The fourth-order valence-corrected chi connectivity index (χ4v) is 1.10. The molecule has 2 heteroatoms. The van der Waals surface area contributed by atoms with Crippen LogP contribution in [0.5, 0.6) is 0 Å². The zero-order chi connectivity index (χ0) is 8.15. The molecule has 0 unspecified atom stereocenters. The quantitative estimate of drug-likeness (QED) is 0.424. The van der Waals surface area contributed by atoms with E-state index in [1.807, 2.05) is 14.0 Å². The van der Waals surface area contributed by atoms with Gasteiger partial charge in [0.1, 0.15) is 0 Å². The number of hydrogen-bond donors (Lipinski definition) is 0. The summed E-state index contributed by atoms with van der Waals surface area (Å²) in [6, 6.07) is 0.564. The van der Waals surface area contributed by atoms with Gasteiger partial charge in [-0.25, -0.2) is 0 Å². The van der Waals surface area contributed by atoms with Crippen LogP contribution < -0.4 is 0 Å². The first-order chi connectivity index (χ1) is 4.63. The summed E-state index contributed by atoms with van der Waals surface area (Å²) in [6.45, 7) is 9.59. The first-order valence-corrected chi connectivity index (χ1v) is 3.83. The largest absolute Gasteiger partial charge is 0.358 e. The molecule has 0 saturated heterocycles. The average Bonchev–Trinajstić information content (AvgIpc) is 1.88. The van der Waals surface area contributed by atoms with Crippen LogP contribution in [-0.4, -0.2) is 30.4 Å². The number of nitrogens with zero attached hydrogens (tertiary/aromatic N) is 2. The zero-order valence-corrected chi connectivity index (χ0v) is 7.68. The lowest BCUT2D eigenvalue weighted by molar-refractivity contribution is 0.364. The Morgan fingerprint density at radius 2 is 2.00 bits per heavy atom. The number of hydrogen-bond acceptors (Lipinski definition) is 1. The molecule has 0 saturated carbocycles. The van der Waals surface area contributed by atoms with Gasteiger partial charge in [0.2, 0.25) is 0 Å². The van der Waals surface area contributed by atoms with Crippen LogP contribution in [0.2, 0.25) is 0 Å². The molecule has 10 heavy (non-hydrogen) atoms. The van der Waals surface area contributed by atoms with E-state index in [9.17, 15) is 0 Å². The molecule has 0 aliphatic rings. The fraction of sp³-hybridized carbons (Fsp3) is 0.875. The van der Waals surface area contributed by atoms with Crippen molar-refractivity contribution in [2.75, 3.05) is 13.6 Å². The van der Waals surface area contributed by atoms with E-state index in [2.05, 4.69) is 30.7 Å². The van der Waals surface area contributed by atoms with E-state index in [1.54, 1.807) is 0 Å². The van der Waals surface area contributed by atoms with Crippen molar-refractivity contribution in [1.82, 2.24) is 4.90 Å². The van der Waals surface area contributed by atoms with Crippen molar-refractivity contribution in [1.29, 1.82) is 0 Å². The summed E-state index contributed by atoms with van der Waals surface area (Å²) in [5, 5.41) is 0. The third-order valence-corrected chi connectivity index (χ3v) is 1.70. The highest BCUT2D eigenvalue weighted by Crippen LogP contribution is 1.98. The highest BCUT2D eigenvalue weighted by molar-refractivity contribution is 5.79. The average molecular weight is 142 g/mol. The van der Waals surface area contributed by atoms with E-state index in [1.165, 1.54) is 0 Å². The summed E-state index contributed by atoms with van der Waals surface area (Å²) in [4.78, 5) is 6.39. The van der Waals surface area contributed by atoms with Crippen molar-refractivity contribution in [2.45, 2.75) is 33.7 Å². The standard InChI is InChI=1S/C8H18N2/c1-6-10(7(2)3)8(4)9-5/h7H,6H2,1-5H3. The van der Waals surface area contributed by atoms with Gasteiger partial charge in [-0.3, -0.25) is 4.99 Å². The molecule has 2 nitrogen and oxygen atoms in total. The van der Waals surface area contributed by atoms with E-state index < -0.39 is 0 Å². The van der Waals surface area contributed by atoms with E-state index in [0.29, 0.717) is 6.04 Å². The molecule has 0 aliphatic heterocycles. The summed E-state index contributed by atoms with van der Waals surface area (Å²) >= 11 is 0. The van der Waals surface area contributed by atoms with Crippen molar-refractivity contribution >= 4 is 5.84 Å². The first-order valence-electron chi connectivity index (χ1n) is 3.83. The lowest BCUT2D eigenvalue weighted by Crippen LogP contribution is -2.34. The number of amidine groups is 1. The molecule has 0 aliphatic carbocycles. The molecular weight excluding hydrogens is 124 g/mol. The third kappa shape index (κ3) is 2.38. The van der Waals surface area contributed by atoms with Crippen LogP contribution in [-0.2, 0) is 0 Å². The van der Waals surface area contributed by atoms with Crippen molar-refractivity contribution < 1.29 is 0 Å². The first kappa shape index (κ1) is 9.47. The van der Waals surface area contributed by atoms with Crippen molar-refractivity contribution in [3.63, 3.8) is 0 Å². The lowest BCUT2D eigenvalue weighted by atomic mass is 10.3. The third-order valence-electron chi connectivity index (χ3n) is 1.70. The predicted octanol–water partition coefficient (Wildman–Crippen LogP) is 1.76. The van der Waals surface area contributed by atoms with Gasteiger partial charge in [-0.05, 0) is 27.7 Å². The van der Waals surface area contributed by atoms with Crippen LogP contribution in [0.1, 0.15) is 27.7 Å². The van der Waals surface area contributed by atoms with Gasteiger partial charge in [-0.2, -0.15) is 0 Å². The second-order valence-corrected chi connectivity index (χ2v) is 2.65. The van der Waals surface area contributed by atoms with Crippen LogP contribution in [0.3, 0.4) is 0 Å². The summed E-state index contributed by atoms with van der Waals surface area (Å²) in [7, 11) is 1.83. The monoisotopic (exact) mass is 142 g/mol. The Hall–Kier alpha value is -0.530. The summed E-state index contributed by atoms with van der Waals surface area (Å²) in [5.74, 6) is 1.12. The van der Waals surface area contributed by atoms with Crippen molar-refractivity contribution in [2.24, 2.45) is 4.99 Å². The normalized spacial score (nSPS) is 12.4. The summed E-state index contributed by atoms with van der Waals surface area (Å²) in [6.07, 6.45) is 0. The fourth-order valence-electron chi connectivity index (χ4n) is 1.10. The molecule has 60 valence electrons. The minimum atomic E-state index is 0.564. The van der Waals surface area contributed by atoms with Crippen molar-refractivity contribution in [3.8, 4) is 0 Å². The van der Waals surface area contributed by atoms with E-state index in [4.69, 9.17) is 0 Å². The maximum Gasteiger partial charge on any atom is 0.0956 e. The molecule has 0 N–H and O–H groups in total. The Balaban J connectivity index is 4.07. The van der Waals surface area contributed by atoms with E-state index >= 15 is 0 Å². The van der Waals surface area contributed by atoms with Gasteiger partial charge in [0.05, 0.1) is 5.84 Å². The van der Waals surface area contributed by atoms with Crippen LogP contribution >= 0.6 is 0 Å². The van der Waals surface area contributed by atoms with Crippen LogP contribution in [0, 0.1) is 0 Å². The summed E-state index contributed by atoms with van der Waals surface area (Å²) < 4.78 is 0. The highest BCUT2D eigenvalue weighted by Gasteiger charge is 2.06. The van der Waals surface area contributed by atoms with Gasteiger partial charge in [0.15, 0.2) is 0 Å². The van der Waals surface area contributed by atoms with E-state index in [-0.39, 0.29) is 0 Å². The predicted molar refractivity (Wildman–Crippen MR) is 46.5 cm³/mol. The minimum absolute atomic E-state index is 0.564.